The van der Waals surface area contributed by atoms with Crippen molar-refractivity contribution in [2.45, 2.75) is 32.9 Å². The summed E-state index contributed by atoms with van der Waals surface area (Å²) in [4.78, 5) is 17.8. The van der Waals surface area contributed by atoms with E-state index in [4.69, 9.17) is 0 Å². The maximum atomic E-state index is 11.4. The third-order valence-electron chi connectivity index (χ3n) is 4.07. The normalized spacial score (nSPS) is 14.0. The molecular weight excluding hydrogens is 266 g/mol. The molecule has 0 unspecified atom stereocenters. The Hall–Kier alpha value is -2.30. The largest absolute Gasteiger partial charge is 0.478 e. The Balaban J connectivity index is 1.94. The van der Waals surface area contributed by atoms with Crippen LogP contribution in [0.5, 0.6) is 0 Å². The third-order valence-corrected chi connectivity index (χ3v) is 4.07. The molecule has 1 aromatic heterocycles. The summed E-state index contributed by atoms with van der Waals surface area (Å²) in [6.45, 7) is 4.71. The Morgan fingerprint density at radius 3 is 3.05 bits per heavy atom. The Labute approximate surface area is 123 Å². The zero-order valence-corrected chi connectivity index (χ0v) is 12.1. The number of carboxylic acid groups (broad SMARTS) is 1. The maximum Gasteiger partial charge on any atom is 0.336 e. The minimum Gasteiger partial charge on any atom is -0.478 e. The number of aromatic nitrogens is 2. The fourth-order valence-electron chi connectivity index (χ4n) is 3.03. The van der Waals surface area contributed by atoms with Gasteiger partial charge in [-0.05, 0) is 37.5 Å². The molecule has 2 aromatic rings. The van der Waals surface area contributed by atoms with E-state index >= 15 is 0 Å². The van der Waals surface area contributed by atoms with Gasteiger partial charge in [-0.2, -0.15) is 0 Å². The highest BCUT2D eigenvalue weighted by Crippen LogP contribution is 2.31. The number of aryl methyl sites for hydroxylation is 1. The number of anilines is 1. The molecule has 1 N–H and O–H groups in total. The molecule has 1 aliphatic heterocycles. The summed E-state index contributed by atoms with van der Waals surface area (Å²) >= 11 is 0. The molecule has 0 radical (unpaired) electrons. The quantitative estimate of drug-likeness (QED) is 0.938. The van der Waals surface area contributed by atoms with Crippen molar-refractivity contribution in [3.63, 3.8) is 0 Å². The summed E-state index contributed by atoms with van der Waals surface area (Å²) in [5.41, 5.74) is 3.59. The second-order valence-electron chi connectivity index (χ2n) is 5.30. The second-order valence-corrected chi connectivity index (χ2v) is 5.30. The molecule has 110 valence electrons. The lowest BCUT2D eigenvalue weighted by molar-refractivity contribution is 0.0695. The number of carbonyl (C=O) groups is 1. The number of fused-ring (bicyclic) bond motifs is 1. The van der Waals surface area contributed by atoms with Crippen molar-refractivity contribution in [2.24, 2.45) is 0 Å². The fourth-order valence-corrected chi connectivity index (χ4v) is 3.03. The van der Waals surface area contributed by atoms with Crippen molar-refractivity contribution in [3.05, 3.63) is 47.5 Å². The van der Waals surface area contributed by atoms with E-state index in [1.54, 1.807) is 6.07 Å². The monoisotopic (exact) mass is 285 g/mol. The molecule has 1 aliphatic rings. The average molecular weight is 285 g/mol. The maximum absolute atomic E-state index is 11.4. The number of benzene rings is 1. The zero-order chi connectivity index (χ0) is 14.8. The van der Waals surface area contributed by atoms with Crippen molar-refractivity contribution in [1.29, 1.82) is 0 Å². The van der Waals surface area contributed by atoms with Crippen LogP contribution in [0.3, 0.4) is 0 Å². The first-order chi connectivity index (χ1) is 10.2. The van der Waals surface area contributed by atoms with Gasteiger partial charge < -0.3 is 14.6 Å². The van der Waals surface area contributed by atoms with Gasteiger partial charge in [0.25, 0.3) is 0 Å². The highest BCUT2D eigenvalue weighted by atomic mass is 16.4. The highest BCUT2D eigenvalue weighted by molar-refractivity contribution is 5.91. The Morgan fingerprint density at radius 2 is 2.29 bits per heavy atom. The zero-order valence-electron chi connectivity index (χ0n) is 12.1. The lowest BCUT2D eigenvalue weighted by Gasteiger charge is -2.32. The molecule has 0 bridgehead atoms. The first-order valence-electron chi connectivity index (χ1n) is 7.30. The van der Waals surface area contributed by atoms with Crippen LogP contribution in [0, 0.1) is 0 Å². The Morgan fingerprint density at radius 1 is 1.43 bits per heavy atom. The highest BCUT2D eigenvalue weighted by Gasteiger charge is 2.22. The van der Waals surface area contributed by atoms with Crippen LogP contribution < -0.4 is 4.90 Å². The lowest BCUT2D eigenvalue weighted by Crippen LogP contribution is -2.30. The molecule has 0 atom stereocenters. The van der Waals surface area contributed by atoms with Crippen LogP contribution in [0.4, 0.5) is 5.69 Å². The van der Waals surface area contributed by atoms with E-state index in [0.29, 0.717) is 5.56 Å². The van der Waals surface area contributed by atoms with Crippen molar-refractivity contribution in [2.75, 3.05) is 11.4 Å². The minimum atomic E-state index is -0.840. The summed E-state index contributed by atoms with van der Waals surface area (Å²) in [6.07, 6.45) is 5.55. The number of hydrogen-bond donors (Lipinski definition) is 1. The topological polar surface area (TPSA) is 58.4 Å². The SMILES string of the molecule is CCn1cncc1CN1CCCc2c(C(=O)O)cccc21. The molecule has 1 aromatic carbocycles. The average Bonchev–Trinajstić information content (AvgIpc) is 2.94. The summed E-state index contributed by atoms with van der Waals surface area (Å²) in [5, 5.41) is 9.33. The summed E-state index contributed by atoms with van der Waals surface area (Å²) in [6, 6.07) is 5.55. The van der Waals surface area contributed by atoms with Crippen molar-refractivity contribution in [1.82, 2.24) is 9.55 Å². The fraction of sp³-hybridized carbons (Fsp3) is 0.375. The van der Waals surface area contributed by atoms with Crippen LogP contribution in [0.25, 0.3) is 0 Å². The summed E-state index contributed by atoms with van der Waals surface area (Å²) < 4.78 is 2.12. The van der Waals surface area contributed by atoms with Gasteiger partial charge in [0.05, 0.1) is 24.1 Å². The number of aromatic carboxylic acids is 1. The van der Waals surface area contributed by atoms with Gasteiger partial charge in [0.1, 0.15) is 0 Å². The van der Waals surface area contributed by atoms with E-state index in [2.05, 4.69) is 21.4 Å². The predicted molar refractivity (Wildman–Crippen MR) is 80.7 cm³/mol. The van der Waals surface area contributed by atoms with Crippen molar-refractivity contribution in [3.8, 4) is 0 Å². The third kappa shape index (κ3) is 2.51. The van der Waals surface area contributed by atoms with Gasteiger partial charge in [0, 0.05) is 25.0 Å². The Bertz CT molecular complexity index is 663. The van der Waals surface area contributed by atoms with Gasteiger partial charge in [0.2, 0.25) is 0 Å². The molecular formula is C16H19N3O2. The van der Waals surface area contributed by atoms with Crippen LogP contribution in [0.15, 0.2) is 30.7 Å². The van der Waals surface area contributed by atoms with Gasteiger partial charge in [-0.15, -0.1) is 0 Å². The molecule has 21 heavy (non-hydrogen) atoms. The summed E-state index contributed by atoms with van der Waals surface area (Å²) in [5.74, 6) is -0.840. The molecule has 0 fully saturated rings. The number of nitrogens with zero attached hydrogens (tertiary/aromatic N) is 3. The van der Waals surface area contributed by atoms with Gasteiger partial charge in [-0.25, -0.2) is 9.78 Å². The smallest absolute Gasteiger partial charge is 0.336 e. The van der Waals surface area contributed by atoms with Crippen LogP contribution >= 0.6 is 0 Å². The second kappa shape index (κ2) is 5.60. The van der Waals surface area contributed by atoms with E-state index in [1.165, 1.54) is 0 Å². The van der Waals surface area contributed by atoms with E-state index in [1.807, 2.05) is 24.7 Å². The Kier molecular flexibility index (Phi) is 3.64. The summed E-state index contributed by atoms with van der Waals surface area (Å²) in [7, 11) is 0. The standard InChI is InChI=1S/C16H19N3O2/c1-2-18-11-17-9-12(18)10-19-8-4-6-13-14(16(20)21)5-3-7-15(13)19/h3,5,7,9,11H,2,4,6,8,10H2,1H3,(H,20,21). The predicted octanol–water partition coefficient (Wildman–Crippen LogP) is 2.55. The number of rotatable bonds is 4. The van der Waals surface area contributed by atoms with E-state index in [-0.39, 0.29) is 0 Å². The molecule has 0 saturated carbocycles. The first kappa shape index (κ1) is 13.7. The van der Waals surface area contributed by atoms with Crippen molar-refractivity contribution >= 4 is 11.7 Å². The van der Waals surface area contributed by atoms with Crippen LogP contribution in [0.2, 0.25) is 0 Å². The van der Waals surface area contributed by atoms with Crippen LogP contribution in [-0.4, -0.2) is 27.2 Å². The van der Waals surface area contributed by atoms with Crippen LogP contribution in [-0.2, 0) is 19.5 Å². The van der Waals surface area contributed by atoms with Crippen molar-refractivity contribution < 1.29 is 9.90 Å². The minimum absolute atomic E-state index is 0.432. The molecule has 0 aliphatic carbocycles. The van der Waals surface area contributed by atoms with Gasteiger partial charge in [0.15, 0.2) is 0 Å². The number of hydrogen-bond acceptors (Lipinski definition) is 3. The number of imidazole rings is 1. The molecule has 2 heterocycles. The van der Waals surface area contributed by atoms with E-state index in [0.717, 1.165) is 49.4 Å². The van der Waals surface area contributed by atoms with Gasteiger partial charge >= 0.3 is 5.97 Å². The van der Waals surface area contributed by atoms with E-state index in [9.17, 15) is 9.90 Å². The first-order valence-corrected chi connectivity index (χ1v) is 7.30. The van der Waals surface area contributed by atoms with Gasteiger partial charge in [-0.3, -0.25) is 0 Å². The molecule has 5 nitrogen and oxygen atoms in total. The molecule has 3 rings (SSSR count). The van der Waals surface area contributed by atoms with Crippen LogP contribution in [0.1, 0.15) is 35.0 Å². The number of carboxylic acids is 1. The molecule has 0 saturated heterocycles. The van der Waals surface area contributed by atoms with Gasteiger partial charge in [-0.1, -0.05) is 6.07 Å². The lowest BCUT2D eigenvalue weighted by atomic mass is 9.96. The van der Waals surface area contributed by atoms with E-state index < -0.39 is 5.97 Å². The molecule has 0 spiro atoms. The molecule has 0 amide bonds. The molecule has 5 heteroatoms.